The molecule has 0 aromatic heterocycles. The van der Waals surface area contributed by atoms with Crippen molar-refractivity contribution in [3.8, 4) is 0 Å². The maximum atomic E-state index is 13.0. The van der Waals surface area contributed by atoms with Gasteiger partial charge in [0.2, 0.25) is 5.91 Å². The first-order chi connectivity index (χ1) is 12.0. The number of rotatable bonds is 10. The van der Waals surface area contributed by atoms with Crippen molar-refractivity contribution in [2.75, 3.05) is 26.7 Å². The average molecular weight is 476 g/mol. The van der Waals surface area contributed by atoms with Crippen LogP contribution in [-0.2, 0) is 11.2 Å². The van der Waals surface area contributed by atoms with Crippen LogP contribution < -0.4 is 11.1 Å². The summed E-state index contributed by atoms with van der Waals surface area (Å²) in [5.74, 6) is -0.385. The van der Waals surface area contributed by atoms with Crippen molar-refractivity contribution in [3.63, 3.8) is 0 Å². The van der Waals surface area contributed by atoms with Crippen LogP contribution in [0.25, 0.3) is 0 Å². The molecule has 7 heteroatoms. The van der Waals surface area contributed by atoms with Gasteiger partial charge in [-0.05, 0) is 43.9 Å². The molecule has 1 aromatic carbocycles. The van der Waals surface area contributed by atoms with E-state index < -0.39 is 11.8 Å². The van der Waals surface area contributed by atoms with Crippen molar-refractivity contribution in [2.45, 2.75) is 26.2 Å². The minimum Gasteiger partial charge on any atom is -0.369 e. The summed E-state index contributed by atoms with van der Waals surface area (Å²) in [7, 11) is 1.96. The Hall–Kier alpha value is -1.64. The topological polar surface area (TPSA) is 70.7 Å². The van der Waals surface area contributed by atoms with Crippen molar-refractivity contribution in [3.05, 3.63) is 48.3 Å². The Morgan fingerprint density at radius 1 is 1.42 bits per heavy atom. The molecule has 0 saturated carbocycles. The van der Waals surface area contributed by atoms with E-state index in [0.717, 1.165) is 37.5 Å². The van der Waals surface area contributed by atoms with Crippen molar-refractivity contribution in [1.82, 2.24) is 10.2 Å². The first-order valence-electron chi connectivity index (χ1n) is 8.62. The van der Waals surface area contributed by atoms with Crippen LogP contribution in [0.2, 0.25) is 0 Å². The Balaban J connectivity index is 0.00000625. The molecule has 5 nitrogen and oxygen atoms in total. The van der Waals surface area contributed by atoms with E-state index in [-0.39, 0.29) is 29.8 Å². The van der Waals surface area contributed by atoms with Crippen LogP contribution in [0.3, 0.4) is 0 Å². The van der Waals surface area contributed by atoms with E-state index >= 15 is 0 Å². The van der Waals surface area contributed by atoms with E-state index in [1.807, 2.05) is 24.9 Å². The van der Waals surface area contributed by atoms with Gasteiger partial charge in [0.1, 0.15) is 5.82 Å². The molecular weight excluding hydrogens is 446 g/mol. The predicted molar refractivity (Wildman–Crippen MR) is 116 cm³/mol. The molecule has 0 heterocycles. The summed E-state index contributed by atoms with van der Waals surface area (Å²) in [5, 5.41) is 3.22. The van der Waals surface area contributed by atoms with Gasteiger partial charge in [-0.1, -0.05) is 18.2 Å². The maximum Gasteiger partial charge on any atom is 0.222 e. The lowest BCUT2D eigenvalue weighted by molar-refractivity contribution is -0.121. The Labute approximate surface area is 173 Å². The van der Waals surface area contributed by atoms with E-state index in [2.05, 4.69) is 16.9 Å². The number of allylic oxidation sites excluding steroid dienone is 1. The van der Waals surface area contributed by atoms with Crippen LogP contribution in [0.5, 0.6) is 0 Å². The molecule has 1 atom stereocenters. The van der Waals surface area contributed by atoms with Crippen LogP contribution in [0.4, 0.5) is 4.39 Å². The summed E-state index contributed by atoms with van der Waals surface area (Å²) < 4.78 is 13.0. The Morgan fingerprint density at radius 2 is 2.08 bits per heavy atom. The molecule has 1 rings (SSSR count). The number of amides is 1. The van der Waals surface area contributed by atoms with E-state index in [0.29, 0.717) is 13.0 Å². The highest BCUT2D eigenvalue weighted by molar-refractivity contribution is 14.0. The summed E-state index contributed by atoms with van der Waals surface area (Å²) in [4.78, 5) is 18.3. The lowest BCUT2D eigenvalue weighted by atomic mass is 9.99. The van der Waals surface area contributed by atoms with Crippen LogP contribution in [0, 0.1) is 11.7 Å². The lowest BCUT2D eigenvalue weighted by Crippen LogP contribution is -2.40. The lowest BCUT2D eigenvalue weighted by Gasteiger charge is -2.22. The van der Waals surface area contributed by atoms with Gasteiger partial charge >= 0.3 is 0 Å². The first kappa shape index (κ1) is 24.4. The molecular formula is C19H30FIN4O. The summed E-state index contributed by atoms with van der Waals surface area (Å²) in [6.07, 6.45) is 4.26. The second kappa shape index (κ2) is 13.5. The highest BCUT2D eigenvalue weighted by Gasteiger charge is 2.17. The number of carbonyl (C=O) groups is 1. The van der Waals surface area contributed by atoms with E-state index in [1.54, 1.807) is 12.1 Å². The molecule has 0 aliphatic rings. The fraction of sp³-hybridized carbons (Fsp3) is 0.474. The molecule has 0 aliphatic heterocycles. The van der Waals surface area contributed by atoms with Crippen molar-refractivity contribution in [1.29, 1.82) is 0 Å². The summed E-state index contributed by atoms with van der Waals surface area (Å²) in [5.41, 5.74) is 6.39. The van der Waals surface area contributed by atoms with Crippen molar-refractivity contribution < 1.29 is 9.18 Å². The molecule has 146 valence electrons. The van der Waals surface area contributed by atoms with Crippen LogP contribution in [0.15, 0.2) is 41.9 Å². The zero-order chi connectivity index (χ0) is 18.7. The number of benzene rings is 1. The molecule has 1 amide bonds. The third kappa shape index (κ3) is 9.17. The molecule has 26 heavy (non-hydrogen) atoms. The zero-order valence-corrected chi connectivity index (χ0v) is 17.9. The summed E-state index contributed by atoms with van der Waals surface area (Å²) in [6.45, 7) is 7.60. The molecule has 0 fully saturated rings. The van der Waals surface area contributed by atoms with Crippen LogP contribution >= 0.6 is 24.0 Å². The number of nitrogens with two attached hydrogens (primary N) is 1. The summed E-state index contributed by atoms with van der Waals surface area (Å²) >= 11 is 0. The third-order valence-electron chi connectivity index (χ3n) is 3.86. The number of hydrogen-bond acceptors (Lipinski definition) is 2. The number of aliphatic imine (C=N–C) groups is 1. The molecule has 0 radical (unpaired) electrons. The highest BCUT2D eigenvalue weighted by Crippen LogP contribution is 2.11. The number of primary amides is 1. The monoisotopic (exact) mass is 476 g/mol. The average Bonchev–Trinajstić information content (AvgIpc) is 2.58. The Bertz CT molecular complexity index is 577. The van der Waals surface area contributed by atoms with Gasteiger partial charge in [0.05, 0.1) is 12.5 Å². The first-order valence-corrected chi connectivity index (χ1v) is 8.62. The third-order valence-corrected chi connectivity index (χ3v) is 3.86. The Morgan fingerprint density at radius 3 is 2.62 bits per heavy atom. The fourth-order valence-electron chi connectivity index (χ4n) is 2.41. The van der Waals surface area contributed by atoms with E-state index in [1.165, 1.54) is 12.1 Å². The molecule has 1 aromatic rings. The van der Waals surface area contributed by atoms with Gasteiger partial charge in [0, 0.05) is 20.1 Å². The zero-order valence-electron chi connectivity index (χ0n) is 15.6. The molecule has 3 N–H and O–H groups in total. The smallest absolute Gasteiger partial charge is 0.222 e. The van der Waals surface area contributed by atoms with E-state index in [9.17, 15) is 9.18 Å². The van der Waals surface area contributed by atoms with E-state index in [4.69, 9.17) is 5.73 Å². The van der Waals surface area contributed by atoms with Gasteiger partial charge in [-0.15, -0.1) is 30.6 Å². The number of carbonyl (C=O) groups excluding carboxylic acids is 1. The molecule has 0 bridgehead atoms. The normalized spacial score (nSPS) is 12.0. The quantitative estimate of drug-likeness (QED) is 0.179. The van der Waals surface area contributed by atoms with Gasteiger partial charge in [0.25, 0.3) is 0 Å². The molecule has 0 saturated heterocycles. The second-order valence-electron chi connectivity index (χ2n) is 5.98. The van der Waals surface area contributed by atoms with Gasteiger partial charge in [0.15, 0.2) is 5.96 Å². The minimum absolute atomic E-state index is 0. The largest absolute Gasteiger partial charge is 0.369 e. The predicted octanol–water partition coefficient (Wildman–Crippen LogP) is 2.95. The molecule has 0 spiro atoms. The highest BCUT2D eigenvalue weighted by atomic mass is 127. The Kier molecular flexibility index (Phi) is 12.7. The van der Waals surface area contributed by atoms with Crippen molar-refractivity contribution >= 4 is 35.8 Å². The molecule has 1 unspecified atom stereocenters. The standard InChI is InChI=1S/C19H29FN4O.HI/c1-4-6-7-12-24(3)19(22-5-2)23-14-16(18(21)25)13-15-8-10-17(20)11-9-15;/h4,8-11,16H,1,5-7,12-14H2,2-3H3,(H2,21,25)(H,22,23);1H. The number of halogens is 2. The second-order valence-corrected chi connectivity index (χ2v) is 5.98. The van der Waals surface area contributed by atoms with Gasteiger partial charge < -0.3 is 16.0 Å². The van der Waals surface area contributed by atoms with Crippen molar-refractivity contribution in [2.24, 2.45) is 16.6 Å². The minimum atomic E-state index is -0.430. The number of nitrogens with zero attached hydrogens (tertiary/aromatic N) is 2. The number of unbranched alkanes of at least 4 members (excludes halogenated alkanes) is 1. The SMILES string of the molecule is C=CCCCN(C)C(=NCC(Cc1ccc(F)cc1)C(N)=O)NCC.I. The van der Waals surface area contributed by atoms with Crippen LogP contribution in [0.1, 0.15) is 25.3 Å². The maximum absolute atomic E-state index is 13.0. The van der Waals surface area contributed by atoms with Gasteiger partial charge in [-0.25, -0.2) is 4.39 Å². The fourth-order valence-corrected chi connectivity index (χ4v) is 2.41. The summed E-state index contributed by atoms with van der Waals surface area (Å²) in [6, 6.07) is 6.10. The van der Waals surface area contributed by atoms with Gasteiger partial charge in [-0.2, -0.15) is 0 Å². The number of hydrogen-bond donors (Lipinski definition) is 2. The number of nitrogens with one attached hydrogen (secondary N) is 1. The number of guanidine groups is 1. The van der Waals surface area contributed by atoms with Crippen LogP contribution in [-0.4, -0.2) is 43.4 Å². The molecule has 0 aliphatic carbocycles. The van der Waals surface area contributed by atoms with Gasteiger partial charge in [-0.3, -0.25) is 9.79 Å².